The third-order valence-electron chi connectivity index (χ3n) is 11.2. The fraction of sp³-hybridized carbons (Fsp3) is 0.903. The number of carbonyl (C=O) groups excluding carboxylic acids is 1. The third kappa shape index (κ3) is 4.71. The Morgan fingerprint density at radius 3 is 2.45 bits per heavy atom. The first-order valence-electron chi connectivity index (χ1n) is 14.6. The van der Waals surface area contributed by atoms with Gasteiger partial charge in [-0.25, -0.2) is 0 Å². The number of nitrogens with one attached hydrogen (secondary N) is 1. The first kappa shape index (κ1) is 25.3. The van der Waals surface area contributed by atoms with Crippen molar-refractivity contribution < 1.29 is 4.79 Å². The molecule has 3 saturated carbocycles. The maximum absolute atomic E-state index is 12.3. The number of allylic oxidation sites excluding steroid dienone is 1. The SMILES string of the molecule is CC(C)CCC[C@@H](C)[C@H]1CC[C@H]2[C@@H]3CC=C4C[C@@H](NC(=O)C(C)C)CC[C@]4(C)[C@H]3CC[C@]12C. The maximum Gasteiger partial charge on any atom is 0.222 e. The van der Waals surface area contributed by atoms with E-state index in [2.05, 4.69) is 46.0 Å². The van der Waals surface area contributed by atoms with Gasteiger partial charge in [0.25, 0.3) is 0 Å². The van der Waals surface area contributed by atoms with Crippen LogP contribution in [0.5, 0.6) is 0 Å². The van der Waals surface area contributed by atoms with E-state index in [4.69, 9.17) is 0 Å². The van der Waals surface area contributed by atoms with Crippen LogP contribution in [0.1, 0.15) is 119 Å². The Labute approximate surface area is 205 Å². The van der Waals surface area contributed by atoms with Crippen molar-refractivity contribution in [1.82, 2.24) is 5.32 Å². The van der Waals surface area contributed by atoms with Crippen LogP contribution in [-0.2, 0) is 4.79 Å². The summed E-state index contributed by atoms with van der Waals surface area (Å²) >= 11 is 0. The van der Waals surface area contributed by atoms with Gasteiger partial charge in [-0.2, -0.15) is 0 Å². The highest BCUT2D eigenvalue weighted by Crippen LogP contribution is 2.67. The number of amides is 1. The molecule has 8 atom stereocenters. The van der Waals surface area contributed by atoms with Gasteiger partial charge in [-0.3, -0.25) is 4.79 Å². The van der Waals surface area contributed by atoms with Gasteiger partial charge >= 0.3 is 0 Å². The van der Waals surface area contributed by atoms with Crippen molar-refractivity contribution in [3.8, 4) is 0 Å². The molecule has 4 aliphatic rings. The zero-order valence-electron chi connectivity index (χ0n) is 22.9. The van der Waals surface area contributed by atoms with E-state index in [1.807, 2.05) is 13.8 Å². The predicted molar refractivity (Wildman–Crippen MR) is 140 cm³/mol. The average Bonchev–Trinajstić information content (AvgIpc) is 3.11. The first-order valence-corrected chi connectivity index (χ1v) is 14.6. The minimum absolute atomic E-state index is 0.0853. The van der Waals surface area contributed by atoms with E-state index in [-0.39, 0.29) is 11.8 Å². The van der Waals surface area contributed by atoms with Gasteiger partial charge in [-0.05, 0) is 97.7 Å². The molecule has 0 saturated heterocycles. The fourth-order valence-electron chi connectivity index (χ4n) is 9.18. The molecule has 2 heteroatoms. The molecular weight excluding hydrogens is 402 g/mol. The topological polar surface area (TPSA) is 29.1 Å². The summed E-state index contributed by atoms with van der Waals surface area (Å²) in [5, 5.41) is 3.35. The van der Waals surface area contributed by atoms with Crippen molar-refractivity contribution in [2.75, 3.05) is 0 Å². The highest BCUT2D eigenvalue weighted by molar-refractivity contribution is 5.78. The van der Waals surface area contributed by atoms with Crippen molar-refractivity contribution in [3.05, 3.63) is 11.6 Å². The number of rotatable bonds is 7. The number of carbonyl (C=O) groups is 1. The summed E-state index contributed by atoms with van der Waals surface area (Å²) in [7, 11) is 0. The molecule has 4 rings (SSSR count). The molecule has 0 spiro atoms. The lowest BCUT2D eigenvalue weighted by molar-refractivity contribution is -0.125. The molecular formula is C31H53NO. The van der Waals surface area contributed by atoms with E-state index in [1.165, 1.54) is 57.8 Å². The van der Waals surface area contributed by atoms with Gasteiger partial charge in [0.1, 0.15) is 0 Å². The lowest BCUT2D eigenvalue weighted by Gasteiger charge is -2.58. The molecule has 188 valence electrons. The Bertz CT molecular complexity index is 737. The van der Waals surface area contributed by atoms with Gasteiger partial charge in [0.05, 0.1) is 0 Å². The van der Waals surface area contributed by atoms with Gasteiger partial charge in [0.2, 0.25) is 5.91 Å². The Hall–Kier alpha value is -0.790. The number of fused-ring (bicyclic) bond motifs is 5. The molecule has 4 aliphatic carbocycles. The largest absolute Gasteiger partial charge is 0.353 e. The van der Waals surface area contributed by atoms with Crippen LogP contribution in [0.3, 0.4) is 0 Å². The minimum atomic E-state index is 0.0853. The summed E-state index contributed by atoms with van der Waals surface area (Å²) in [6, 6.07) is 0.354. The van der Waals surface area contributed by atoms with E-state index in [9.17, 15) is 4.79 Å². The fourth-order valence-corrected chi connectivity index (χ4v) is 9.18. The Kier molecular flexibility index (Phi) is 7.43. The van der Waals surface area contributed by atoms with E-state index < -0.39 is 0 Å². The summed E-state index contributed by atoms with van der Waals surface area (Å²) in [5.74, 6) is 5.68. The monoisotopic (exact) mass is 455 g/mol. The molecule has 0 aromatic rings. The molecule has 3 fully saturated rings. The molecule has 0 aromatic heterocycles. The molecule has 0 radical (unpaired) electrons. The first-order chi connectivity index (χ1) is 15.6. The second kappa shape index (κ2) is 9.69. The van der Waals surface area contributed by atoms with Crippen molar-refractivity contribution in [2.45, 2.75) is 125 Å². The number of hydrogen-bond acceptors (Lipinski definition) is 1. The van der Waals surface area contributed by atoms with E-state index in [0.29, 0.717) is 16.9 Å². The van der Waals surface area contributed by atoms with Crippen molar-refractivity contribution in [2.24, 2.45) is 52.3 Å². The molecule has 0 aromatic carbocycles. The van der Waals surface area contributed by atoms with E-state index >= 15 is 0 Å². The van der Waals surface area contributed by atoms with Gasteiger partial charge in [0.15, 0.2) is 0 Å². The predicted octanol–water partition coefficient (Wildman–Crippen LogP) is 8.17. The van der Waals surface area contributed by atoms with Crippen LogP contribution < -0.4 is 5.32 Å². The summed E-state index contributed by atoms with van der Waals surface area (Å²) < 4.78 is 0. The second-order valence-corrected chi connectivity index (χ2v) is 13.9. The molecule has 33 heavy (non-hydrogen) atoms. The van der Waals surface area contributed by atoms with Gasteiger partial charge in [-0.1, -0.05) is 79.4 Å². The molecule has 0 aliphatic heterocycles. The lowest BCUT2D eigenvalue weighted by Crippen LogP contribution is -2.52. The third-order valence-corrected chi connectivity index (χ3v) is 11.2. The highest BCUT2D eigenvalue weighted by atomic mass is 16.1. The van der Waals surface area contributed by atoms with E-state index in [0.717, 1.165) is 48.3 Å². The quantitative estimate of drug-likeness (QED) is 0.385. The van der Waals surface area contributed by atoms with Gasteiger partial charge in [0, 0.05) is 12.0 Å². The molecule has 1 amide bonds. The Morgan fingerprint density at radius 2 is 1.76 bits per heavy atom. The van der Waals surface area contributed by atoms with Crippen LogP contribution in [-0.4, -0.2) is 11.9 Å². The molecule has 0 heterocycles. The summed E-state index contributed by atoms with van der Waals surface area (Å²) in [5.41, 5.74) is 2.64. The van der Waals surface area contributed by atoms with E-state index in [1.54, 1.807) is 5.57 Å². The second-order valence-electron chi connectivity index (χ2n) is 13.9. The minimum Gasteiger partial charge on any atom is -0.353 e. The number of hydrogen-bond donors (Lipinski definition) is 1. The summed E-state index contributed by atoms with van der Waals surface area (Å²) in [4.78, 5) is 12.3. The van der Waals surface area contributed by atoms with Crippen LogP contribution in [0.2, 0.25) is 0 Å². The molecule has 1 N–H and O–H groups in total. The summed E-state index contributed by atoms with van der Waals surface area (Å²) in [6.07, 6.45) is 17.6. The Balaban J connectivity index is 1.45. The van der Waals surface area contributed by atoms with Gasteiger partial charge < -0.3 is 5.32 Å². The zero-order valence-corrected chi connectivity index (χ0v) is 22.9. The average molecular weight is 456 g/mol. The zero-order chi connectivity index (χ0) is 24.0. The summed E-state index contributed by atoms with van der Waals surface area (Å²) in [6.45, 7) is 16.6. The molecule has 2 nitrogen and oxygen atoms in total. The lowest BCUT2D eigenvalue weighted by atomic mass is 9.47. The highest BCUT2D eigenvalue weighted by Gasteiger charge is 2.59. The molecule has 0 bridgehead atoms. The van der Waals surface area contributed by atoms with Crippen LogP contribution in [0.4, 0.5) is 0 Å². The maximum atomic E-state index is 12.3. The molecule has 0 unspecified atom stereocenters. The van der Waals surface area contributed by atoms with Crippen molar-refractivity contribution in [1.29, 1.82) is 0 Å². The Morgan fingerprint density at radius 1 is 1.00 bits per heavy atom. The van der Waals surface area contributed by atoms with Crippen molar-refractivity contribution >= 4 is 5.91 Å². The van der Waals surface area contributed by atoms with Crippen LogP contribution in [0, 0.1) is 52.3 Å². The van der Waals surface area contributed by atoms with Crippen LogP contribution in [0.25, 0.3) is 0 Å². The standard InChI is InChI=1S/C31H53NO/c1-20(2)9-8-10-22(5)26-13-14-27-25-12-11-23-19-24(32-29(33)21(3)4)15-17-30(23,6)28(25)16-18-31(26,27)7/h11,20-22,24-28H,8-10,12-19H2,1-7H3,(H,32,33)/t22-,24+,25+,26-,27+,28+,30+,31-/m1/s1. The van der Waals surface area contributed by atoms with Gasteiger partial charge in [-0.15, -0.1) is 0 Å². The van der Waals surface area contributed by atoms with Crippen LogP contribution in [0.15, 0.2) is 11.6 Å². The normalized spacial score (nSPS) is 41.2. The smallest absolute Gasteiger partial charge is 0.222 e. The van der Waals surface area contributed by atoms with Crippen LogP contribution >= 0.6 is 0 Å². The van der Waals surface area contributed by atoms with Crippen molar-refractivity contribution in [3.63, 3.8) is 0 Å².